The summed E-state index contributed by atoms with van der Waals surface area (Å²) in [5, 5.41) is 3.19. The fourth-order valence-electron chi connectivity index (χ4n) is 2.19. The Morgan fingerprint density at radius 2 is 1.75 bits per heavy atom. The highest BCUT2D eigenvalue weighted by Crippen LogP contribution is 2.23. The van der Waals surface area contributed by atoms with Gasteiger partial charge in [-0.3, -0.25) is 14.5 Å². The molecule has 0 fully saturated rings. The molecule has 0 heterocycles. The van der Waals surface area contributed by atoms with Crippen LogP contribution in [0.5, 0.6) is 0 Å². The van der Waals surface area contributed by atoms with Crippen molar-refractivity contribution in [3.05, 3.63) is 29.3 Å². The van der Waals surface area contributed by atoms with Gasteiger partial charge in [-0.2, -0.15) is 0 Å². The highest BCUT2D eigenvalue weighted by atomic mass is 35.5. The smallest absolute Gasteiger partial charge is 0.244 e. The van der Waals surface area contributed by atoms with Crippen LogP contribution in [0, 0.1) is 5.41 Å². The minimum atomic E-state index is -0.273. The van der Waals surface area contributed by atoms with Crippen molar-refractivity contribution in [2.45, 2.75) is 33.7 Å². The Labute approximate surface area is 150 Å². The number of amides is 2. The van der Waals surface area contributed by atoms with Gasteiger partial charge in [0.15, 0.2) is 0 Å². The molecule has 0 bridgehead atoms. The molecule has 1 aromatic rings. The van der Waals surface area contributed by atoms with Crippen LogP contribution in [0.2, 0.25) is 5.02 Å². The van der Waals surface area contributed by atoms with Crippen molar-refractivity contribution in [3.8, 4) is 0 Å². The molecule has 0 aromatic heterocycles. The summed E-state index contributed by atoms with van der Waals surface area (Å²) in [6.07, 6.45) is 0. The van der Waals surface area contributed by atoms with Gasteiger partial charge in [-0.05, 0) is 31.5 Å². The Hall–Kier alpha value is -1.59. The van der Waals surface area contributed by atoms with E-state index >= 15 is 0 Å². The van der Waals surface area contributed by atoms with Crippen molar-refractivity contribution >= 4 is 29.1 Å². The summed E-state index contributed by atoms with van der Waals surface area (Å²) in [6, 6.07) is 7.25. The van der Waals surface area contributed by atoms with Crippen molar-refractivity contribution in [1.29, 1.82) is 0 Å². The predicted octanol–water partition coefficient (Wildman–Crippen LogP) is 3.10. The van der Waals surface area contributed by atoms with E-state index < -0.39 is 0 Å². The van der Waals surface area contributed by atoms with Gasteiger partial charge >= 0.3 is 0 Å². The Kier molecular flexibility index (Phi) is 7.24. The summed E-state index contributed by atoms with van der Waals surface area (Å²) in [6.45, 7) is 8.77. The second-order valence-electron chi connectivity index (χ2n) is 7.23. The van der Waals surface area contributed by atoms with E-state index in [0.29, 0.717) is 10.7 Å². The molecule has 0 spiro atoms. The number of benzene rings is 1. The quantitative estimate of drug-likeness (QED) is 0.855. The van der Waals surface area contributed by atoms with Crippen molar-refractivity contribution in [1.82, 2.24) is 9.80 Å². The number of carbonyl (C=O) groups is 2. The van der Waals surface area contributed by atoms with E-state index in [-0.39, 0.29) is 36.4 Å². The molecule has 5 nitrogen and oxygen atoms in total. The molecule has 0 aliphatic heterocycles. The summed E-state index contributed by atoms with van der Waals surface area (Å²) in [5.41, 5.74) is 0.623. The minimum absolute atomic E-state index is 0.0121. The van der Waals surface area contributed by atoms with Gasteiger partial charge in [0.2, 0.25) is 11.8 Å². The first-order chi connectivity index (χ1) is 11.0. The molecule has 0 aliphatic carbocycles. The lowest BCUT2D eigenvalue weighted by Crippen LogP contribution is -2.46. The lowest BCUT2D eigenvalue weighted by molar-refractivity contribution is -0.134. The van der Waals surface area contributed by atoms with Crippen LogP contribution in [0.3, 0.4) is 0 Å². The molecule has 0 aliphatic rings. The van der Waals surface area contributed by atoms with E-state index in [1.165, 1.54) is 4.90 Å². The molecule has 24 heavy (non-hydrogen) atoms. The standard InChI is InChI=1S/C18H28ClN3O2/c1-13(18(2,3)4)21(5)12-17(24)22(6)11-16(23)20-15-10-8-7-9-14(15)19/h7-10,13H,11-12H2,1-6H3,(H,20,23). The number of hydrogen-bond donors (Lipinski definition) is 1. The maximum Gasteiger partial charge on any atom is 0.244 e. The zero-order valence-electron chi connectivity index (χ0n) is 15.4. The number of likely N-dealkylation sites (N-methyl/N-ethyl adjacent to an activating group) is 2. The van der Waals surface area contributed by atoms with Crippen LogP contribution in [0.1, 0.15) is 27.7 Å². The number of nitrogens with one attached hydrogen (secondary N) is 1. The van der Waals surface area contributed by atoms with Crippen LogP contribution < -0.4 is 5.32 Å². The molecule has 1 unspecified atom stereocenters. The third-order valence-electron chi connectivity index (χ3n) is 4.25. The van der Waals surface area contributed by atoms with Crippen molar-refractivity contribution in [3.63, 3.8) is 0 Å². The van der Waals surface area contributed by atoms with E-state index in [1.54, 1.807) is 31.3 Å². The number of hydrogen-bond acceptors (Lipinski definition) is 3. The Morgan fingerprint density at radius 1 is 1.17 bits per heavy atom. The molecule has 1 rings (SSSR count). The van der Waals surface area contributed by atoms with Crippen LogP contribution in [-0.4, -0.2) is 54.8 Å². The third kappa shape index (κ3) is 6.13. The first kappa shape index (κ1) is 20.5. The van der Waals surface area contributed by atoms with Gasteiger partial charge in [0, 0.05) is 13.1 Å². The fourth-order valence-corrected chi connectivity index (χ4v) is 2.37. The lowest BCUT2D eigenvalue weighted by Gasteiger charge is -2.35. The topological polar surface area (TPSA) is 52.7 Å². The average Bonchev–Trinajstić information content (AvgIpc) is 2.47. The first-order valence-corrected chi connectivity index (χ1v) is 8.38. The van der Waals surface area contributed by atoms with Crippen LogP contribution >= 0.6 is 11.6 Å². The zero-order chi connectivity index (χ0) is 18.5. The first-order valence-electron chi connectivity index (χ1n) is 8.01. The molecular weight excluding hydrogens is 326 g/mol. The van der Waals surface area contributed by atoms with Crippen molar-refractivity contribution < 1.29 is 9.59 Å². The van der Waals surface area contributed by atoms with Gasteiger partial charge in [-0.25, -0.2) is 0 Å². The summed E-state index contributed by atoms with van der Waals surface area (Å²) >= 11 is 6.01. The van der Waals surface area contributed by atoms with Crippen LogP contribution in [0.25, 0.3) is 0 Å². The minimum Gasteiger partial charge on any atom is -0.335 e. The van der Waals surface area contributed by atoms with E-state index in [0.717, 1.165) is 0 Å². The number of halogens is 1. The van der Waals surface area contributed by atoms with Gasteiger partial charge in [0.05, 0.1) is 23.8 Å². The molecule has 2 amide bonds. The number of para-hydroxylation sites is 1. The summed E-state index contributed by atoms with van der Waals surface area (Å²) in [5.74, 6) is -0.367. The number of nitrogens with zero attached hydrogens (tertiary/aromatic N) is 2. The number of carbonyl (C=O) groups excluding carboxylic acids is 2. The predicted molar refractivity (Wildman–Crippen MR) is 99.3 cm³/mol. The monoisotopic (exact) mass is 353 g/mol. The molecule has 0 radical (unpaired) electrons. The van der Waals surface area contributed by atoms with E-state index in [2.05, 4.69) is 33.0 Å². The van der Waals surface area contributed by atoms with Gasteiger partial charge in [-0.1, -0.05) is 44.5 Å². The molecule has 134 valence electrons. The average molecular weight is 354 g/mol. The van der Waals surface area contributed by atoms with Gasteiger partial charge in [0.1, 0.15) is 0 Å². The molecule has 1 atom stereocenters. The normalized spacial score (nSPS) is 12.8. The third-order valence-corrected chi connectivity index (χ3v) is 4.58. The highest BCUT2D eigenvalue weighted by Gasteiger charge is 2.26. The SMILES string of the molecule is CC(N(C)CC(=O)N(C)CC(=O)Nc1ccccc1Cl)C(C)(C)C. The Bertz CT molecular complexity index is 584. The van der Waals surface area contributed by atoms with Gasteiger partial charge in [-0.15, -0.1) is 0 Å². The number of anilines is 1. The molecule has 6 heteroatoms. The lowest BCUT2D eigenvalue weighted by atomic mass is 9.87. The summed E-state index contributed by atoms with van der Waals surface area (Å²) in [7, 11) is 3.55. The molecular formula is C18H28ClN3O2. The van der Waals surface area contributed by atoms with Gasteiger partial charge < -0.3 is 10.2 Å². The highest BCUT2D eigenvalue weighted by molar-refractivity contribution is 6.33. The second kappa shape index (κ2) is 8.49. The Balaban J connectivity index is 2.55. The zero-order valence-corrected chi connectivity index (χ0v) is 16.1. The summed E-state index contributed by atoms with van der Waals surface area (Å²) < 4.78 is 0. The van der Waals surface area contributed by atoms with Crippen LogP contribution in [0.15, 0.2) is 24.3 Å². The van der Waals surface area contributed by atoms with Crippen LogP contribution in [-0.2, 0) is 9.59 Å². The van der Waals surface area contributed by atoms with Crippen molar-refractivity contribution in [2.24, 2.45) is 5.41 Å². The van der Waals surface area contributed by atoms with E-state index in [9.17, 15) is 9.59 Å². The molecule has 1 aromatic carbocycles. The molecule has 0 saturated heterocycles. The largest absolute Gasteiger partial charge is 0.335 e. The Morgan fingerprint density at radius 3 is 2.29 bits per heavy atom. The van der Waals surface area contributed by atoms with Gasteiger partial charge in [0.25, 0.3) is 0 Å². The van der Waals surface area contributed by atoms with Crippen LogP contribution in [0.4, 0.5) is 5.69 Å². The molecule has 1 N–H and O–H groups in total. The summed E-state index contributed by atoms with van der Waals surface area (Å²) in [4.78, 5) is 27.8. The van der Waals surface area contributed by atoms with Crippen molar-refractivity contribution in [2.75, 3.05) is 32.5 Å². The maximum atomic E-state index is 12.3. The number of rotatable bonds is 6. The van der Waals surface area contributed by atoms with E-state index in [4.69, 9.17) is 11.6 Å². The van der Waals surface area contributed by atoms with E-state index in [1.807, 2.05) is 11.9 Å². The molecule has 0 saturated carbocycles. The fraction of sp³-hybridized carbons (Fsp3) is 0.556. The maximum absolute atomic E-state index is 12.3. The second-order valence-corrected chi connectivity index (χ2v) is 7.64.